The third-order valence-corrected chi connectivity index (χ3v) is 3.45. The van der Waals surface area contributed by atoms with Crippen molar-refractivity contribution in [2.75, 3.05) is 25.5 Å². The van der Waals surface area contributed by atoms with Gasteiger partial charge in [0.15, 0.2) is 4.77 Å². The van der Waals surface area contributed by atoms with Gasteiger partial charge in [-0.05, 0) is 55.5 Å². The van der Waals surface area contributed by atoms with Gasteiger partial charge >= 0.3 is 0 Å². The van der Waals surface area contributed by atoms with Crippen LogP contribution >= 0.6 is 24.4 Å². The molecule has 2 aromatic rings. The van der Waals surface area contributed by atoms with Crippen LogP contribution in [0.1, 0.15) is 27.7 Å². The molecule has 0 atom stereocenters. The van der Waals surface area contributed by atoms with Gasteiger partial charge in [-0.25, -0.2) is 0 Å². The van der Waals surface area contributed by atoms with Gasteiger partial charge in [0.05, 0.1) is 0 Å². The number of benzene rings is 1. The molecule has 0 amide bonds. The molecule has 0 aliphatic rings. The van der Waals surface area contributed by atoms with Crippen LogP contribution in [0.2, 0.25) is 0 Å². The predicted octanol–water partition coefficient (Wildman–Crippen LogP) is 5.17. The van der Waals surface area contributed by atoms with Gasteiger partial charge in [-0.3, -0.25) is 0 Å². The smallest absolute Gasteiger partial charge is 0.209 e. The summed E-state index contributed by atoms with van der Waals surface area (Å²) < 4.78 is 0.811. The maximum atomic E-state index is 4.95. The molecule has 0 aliphatic heterocycles. The molecule has 25 heavy (non-hydrogen) atoms. The maximum Gasteiger partial charge on any atom is 0.209 e. The van der Waals surface area contributed by atoms with Crippen molar-refractivity contribution >= 4 is 36.1 Å². The van der Waals surface area contributed by atoms with Gasteiger partial charge in [-0.1, -0.05) is 45.9 Å². The highest BCUT2D eigenvalue weighted by Gasteiger charge is 2.02. The van der Waals surface area contributed by atoms with Gasteiger partial charge in [0.1, 0.15) is 0 Å². The molecule has 138 valence electrons. The van der Waals surface area contributed by atoms with E-state index in [-0.39, 0.29) is 0 Å². The minimum Gasteiger partial charge on any atom is -0.326 e. The molecule has 0 unspecified atom stereocenters. The monoisotopic (exact) mass is 379 g/mol. The van der Waals surface area contributed by atoms with Crippen LogP contribution in [-0.4, -0.2) is 40.0 Å². The molecule has 0 bridgehead atoms. The van der Waals surface area contributed by atoms with Gasteiger partial charge < -0.3 is 20.2 Å². The molecule has 2 rings (SSSR count). The second-order valence-electron chi connectivity index (χ2n) is 6.84. The molecule has 5 nitrogen and oxygen atoms in total. The first-order valence-electron chi connectivity index (χ1n) is 8.47. The van der Waals surface area contributed by atoms with Crippen LogP contribution in [0, 0.1) is 21.4 Å². The lowest BCUT2D eigenvalue weighted by Crippen LogP contribution is -2.27. The highest BCUT2D eigenvalue weighted by molar-refractivity contribution is 7.71. The Morgan fingerprint density at radius 3 is 2.04 bits per heavy atom. The van der Waals surface area contributed by atoms with E-state index >= 15 is 0 Å². The molecule has 0 spiro atoms. The van der Waals surface area contributed by atoms with E-state index in [1.807, 2.05) is 30.3 Å². The van der Waals surface area contributed by atoms with Crippen molar-refractivity contribution in [2.45, 2.75) is 27.7 Å². The largest absolute Gasteiger partial charge is 0.326 e. The molecular formula is C18H29N5S2. The molecule has 1 aromatic heterocycles. The zero-order chi connectivity index (χ0) is 18.8. The number of para-hydroxylation sites is 1. The van der Waals surface area contributed by atoms with Crippen LogP contribution in [0.15, 0.2) is 30.3 Å². The number of hydrogen-bond acceptors (Lipinski definition) is 5. The van der Waals surface area contributed by atoms with E-state index in [2.05, 4.69) is 59.9 Å². The van der Waals surface area contributed by atoms with Gasteiger partial charge in [0, 0.05) is 18.8 Å². The van der Waals surface area contributed by atoms with E-state index in [4.69, 9.17) is 24.4 Å². The average Bonchev–Trinajstić information content (AvgIpc) is 2.46. The lowest BCUT2D eigenvalue weighted by Gasteiger charge is -2.20. The molecule has 0 saturated heterocycles. The van der Waals surface area contributed by atoms with E-state index in [0.29, 0.717) is 15.5 Å². The van der Waals surface area contributed by atoms with E-state index in [1.54, 1.807) is 0 Å². The van der Waals surface area contributed by atoms with Crippen molar-refractivity contribution < 1.29 is 0 Å². The summed E-state index contributed by atoms with van der Waals surface area (Å²) in [5, 5.41) is 3.07. The minimum absolute atomic E-state index is 0.359. The van der Waals surface area contributed by atoms with Crippen molar-refractivity contribution in [3.63, 3.8) is 0 Å². The Hall–Kier alpha value is -1.57. The van der Waals surface area contributed by atoms with Crippen molar-refractivity contribution in [1.29, 1.82) is 0 Å². The molecular weight excluding hydrogens is 350 g/mol. The number of aromatic nitrogens is 3. The Bertz CT molecular complexity index is 684. The highest BCUT2D eigenvalue weighted by atomic mass is 32.1. The van der Waals surface area contributed by atoms with Crippen LogP contribution < -0.4 is 5.32 Å². The van der Waals surface area contributed by atoms with Crippen LogP contribution in [0.4, 0.5) is 11.6 Å². The van der Waals surface area contributed by atoms with Crippen molar-refractivity contribution in [3.8, 4) is 0 Å². The summed E-state index contributed by atoms with van der Waals surface area (Å²) in [4.78, 5) is 12.0. The summed E-state index contributed by atoms with van der Waals surface area (Å²) in [6, 6.07) is 9.66. The Balaban J connectivity index is 0.000000275. The SMILES string of the molecule is CC(C)CN(C)CC(C)C.S=c1nc(Nc2ccccc2)[nH]c(=S)[nH]1. The van der Waals surface area contributed by atoms with E-state index < -0.39 is 0 Å². The Morgan fingerprint density at radius 2 is 1.56 bits per heavy atom. The Kier molecular flexibility index (Phi) is 9.55. The average molecular weight is 380 g/mol. The molecule has 1 heterocycles. The first-order chi connectivity index (χ1) is 11.8. The lowest BCUT2D eigenvalue weighted by molar-refractivity contribution is 0.265. The number of nitrogens with zero attached hydrogens (tertiary/aromatic N) is 2. The summed E-state index contributed by atoms with van der Waals surface area (Å²) in [6.45, 7) is 11.5. The summed E-state index contributed by atoms with van der Waals surface area (Å²) >= 11 is 9.86. The number of H-pyrrole nitrogens is 2. The third-order valence-electron chi connectivity index (χ3n) is 3.06. The minimum atomic E-state index is 0.359. The maximum absolute atomic E-state index is 4.95. The van der Waals surface area contributed by atoms with Crippen molar-refractivity contribution in [2.24, 2.45) is 11.8 Å². The lowest BCUT2D eigenvalue weighted by atomic mass is 10.1. The van der Waals surface area contributed by atoms with Crippen LogP contribution in [0.3, 0.4) is 0 Å². The second-order valence-corrected chi connectivity index (χ2v) is 7.64. The molecule has 0 saturated carbocycles. The van der Waals surface area contributed by atoms with Crippen LogP contribution in [0.25, 0.3) is 0 Å². The topological polar surface area (TPSA) is 59.7 Å². The van der Waals surface area contributed by atoms with E-state index in [1.165, 1.54) is 13.1 Å². The van der Waals surface area contributed by atoms with Gasteiger partial charge in [0.25, 0.3) is 0 Å². The van der Waals surface area contributed by atoms with Crippen LogP contribution in [-0.2, 0) is 0 Å². The van der Waals surface area contributed by atoms with Crippen molar-refractivity contribution in [3.05, 3.63) is 39.9 Å². The van der Waals surface area contributed by atoms with Gasteiger partial charge in [-0.15, -0.1) is 0 Å². The predicted molar refractivity (Wildman–Crippen MR) is 112 cm³/mol. The molecule has 0 fully saturated rings. The first kappa shape index (κ1) is 21.5. The third kappa shape index (κ3) is 10.1. The fraction of sp³-hybridized carbons (Fsp3) is 0.500. The Morgan fingerprint density at radius 1 is 1.00 bits per heavy atom. The zero-order valence-electron chi connectivity index (χ0n) is 15.7. The standard InChI is InChI=1S/C9H8N4S2.C9H21N/c14-8-11-7(12-9(15)13-8)10-6-4-2-1-3-5-6;1-8(2)6-10(5)7-9(3)4/h1-5H,(H3,10,11,12,13,14,15);8-9H,6-7H2,1-5H3. The molecule has 7 heteroatoms. The number of hydrogen-bond donors (Lipinski definition) is 3. The normalized spacial score (nSPS) is 10.7. The molecule has 1 aromatic carbocycles. The molecule has 0 radical (unpaired) electrons. The van der Waals surface area contributed by atoms with Gasteiger partial charge in [0.2, 0.25) is 10.7 Å². The summed E-state index contributed by atoms with van der Waals surface area (Å²) in [5.41, 5.74) is 0.927. The Labute approximate surface area is 160 Å². The highest BCUT2D eigenvalue weighted by Crippen LogP contribution is 2.10. The number of nitrogens with one attached hydrogen (secondary N) is 3. The zero-order valence-corrected chi connectivity index (χ0v) is 17.3. The van der Waals surface area contributed by atoms with Gasteiger partial charge in [-0.2, -0.15) is 4.98 Å². The molecule has 0 aliphatic carbocycles. The summed E-state index contributed by atoms with van der Waals surface area (Å²) in [5.74, 6) is 2.13. The first-order valence-corrected chi connectivity index (χ1v) is 9.29. The number of aromatic amines is 2. The molecule has 3 N–H and O–H groups in total. The summed E-state index contributed by atoms with van der Waals surface area (Å²) in [7, 11) is 2.19. The second kappa shape index (κ2) is 11.1. The fourth-order valence-electron chi connectivity index (χ4n) is 2.43. The number of anilines is 2. The fourth-order valence-corrected chi connectivity index (χ4v) is 2.88. The van der Waals surface area contributed by atoms with E-state index in [9.17, 15) is 0 Å². The number of rotatable bonds is 6. The quantitative estimate of drug-likeness (QED) is 0.604. The van der Waals surface area contributed by atoms with Crippen LogP contribution in [0.5, 0.6) is 0 Å². The summed E-state index contributed by atoms with van der Waals surface area (Å²) in [6.07, 6.45) is 0. The van der Waals surface area contributed by atoms with Crippen molar-refractivity contribution in [1.82, 2.24) is 19.9 Å². The van der Waals surface area contributed by atoms with E-state index in [0.717, 1.165) is 17.5 Å².